The molecule has 2 unspecified atom stereocenters. The van der Waals surface area contributed by atoms with Gasteiger partial charge in [0.15, 0.2) is 6.10 Å². The predicted octanol–water partition coefficient (Wildman–Crippen LogP) is -1.51. The molecule has 2 atom stereocenters. The van der Waals surface area contributed by atoms with Gasteiger partial charge in [0.25, 0.3) is 0 Å². The van der Waals surface area contributed by atoms with Gasteiger partial charge >= 0.3 is 5.97 Å². The fraction of sp³-hybridized carbons (Fsp3) is 0.556. The van der Waals surface area contributed by atoms with E-state index in [1.807, 2.05) is 0 Å². The molecule has 0 spiro atoms. The van der Waals surface area contributed by atoms with Crippen LogP contribution in [-0.2, 0) is 14.3 Å². The maximum absolute atomic E-state index is 11.6. The Balaban J connectivity index is 2.42. The molecule has 0 aromatic carbocycles. The van der Waals surface area contributed by atoms with Crippen LogP contribution >= 0.6 is 0 Å². The first-order valence-corrected chi connectivity index (χ1v) is 4.94. The van der Waals surface area contributed by atoms with Gasteiger partial charge < -0.3 is 15.2 Å². The number of methoxy groups -OCH3 is 1. The average molecular weight is 242 g/mol. The number of hydrogen-bond acceptors (Lipinski definition) is 6. The third kappa shape index (κ3) is 3.52. The number of amides is 1. The van der Waals surface area contributed by atoms with Gasteiger partial charge in [-0.2, -0.15) is 5.10 Å². The van der Waals surface area contributed by atoms with Crippen molar-refractivity contribution in [2.75, 3.05) is 13.7 Å². The van der Waals surface area contributed by atoms with Crippen molar-refractivity contribution in [3.05, 3.63) is 12.7 Å². The molecule has 0 aliphatic carbocycles. The van der Waals surface area contributed by atoms with Gasteiger partial charge in [0.1, 0.15) is 18.7 Å². The summed E-state index contributed by atoms with van der Waals surface area (Å²) in [7, 11) is 1.16. The molecule has 17 heavy (non-hydrogen) atoms. The Labute approximate surface area is 97.6 Å². The summed E-state index contributed by atoms with van der Waals surface area (Å²) in [5.74, 6) is -1.17. The summed E-state index contributed by atoms with van der Waals surface area (Å²) in [5.41, 5.74) is 0. The maximum Gasteiger partial charge on any atom is 0.336 e. The van der Waals surface area contributed by atoms with Crippen LogP contribution in [0.25, 0.3) is 0 Å². The second-order valence-electron chi connectivity index (χ2n) is 3.34. The Hall–Kier alpha value is -1.96. The number of rotatable bonds is 5. The van der Waals surface area contributed by atoms with E-state index in [1.165, 1.54) is 17.3 Å². The van der Waals surface area contributed by atoms with Gasteiger partial charge in [-0.15, -0.1) is 0 Å². The van der Waals surface area contributed by atoms with Crippen molar-refractivity contribution in [1.29, 1.82) is 0 Å². The Bertz CT molecular complexity index is 378. The number of aliphatic hydroxyl groups excluding tert-OH is 1. The van der Waals surface area contributed by atoms with E-state index < -0.39 is 18.1 Å². The number of nitrogens with one attached hydrogen (secondary N) is 1. The zero-order chi connectivity index (χ0) is 12.8. The van der Waals surface area contributed by atoms with Crippen LogP contribution in [0.5, 0.6) is 0 Å². The van der Waals surface area contributed by atoms with Crippen LogP contribution in [0.4, 0.5) is 0 Å². The van der Waals surface area contributed by atoms with Crippen LogP contribution in [0.2, 0.25) is 0 Å². The van der Waals surface area contributed by atoms with Gasteiger partial charge in [-0.1, -0.05) is 0 Å². The molecule has 1 amide bonds. The van der Waals surface area contributed by atoms with Gasteiger partial charge in [0.2, 0.25) is 5.91 Å². The summed E-state index contributed by atoms with van der Waals surface area (Å²) in [6.07, 6.45) is 1.35. The Kier molecular flexibility index (Phi) is 4.58. The second kappa shape index (κ2) is 5.94. The topological polar surface area (TPSA) is 106 Å². The van der Waals surface area contributed by atoms with E-state index in [2.05, 4.69) is 20.1 Å². The Morgan fingerprint density at radius 1 is 1.59 bits per heavy atom. The molecule has 94 valence electrons. The largest absolute Gasteiger partial charge is 0.467 e. The van der Waals surface area contributed by atoms with E-state index in [-0.39, 0.29) is 12.5 Å². The van der Waals surface area contributed by atoms with Gasteiger partial charge in [0.05, 0.1) is 13.7 Å². The third-order valence-electron chi connectivity index (χ3n) is 2.16. The Morgan fingerprint density at radius 2 is 2.29 bits per heavy atom. The number of ether oxygens (including phenoxy) is 1. The normalized spacial score (nSPS) is 13.8. The lowest BCUT2D eigenvalue weighted by Crippen LogP contribution is -2.40. The molecule has 0 aliphatic rings. The molecule has 1 heterocycles. The minimum absolute atomic E-state index is 0.204. The quantitative estimate of drug-likeness (QED) is 0.608. The molecule has 0 radical (unpaired) electrons. The first-order chi connectivity index (χ1) is 8.06. The molecule has 0 saturated carbocycles. The molecular formula is C9H14N4O4. The molecule has 0 aliphatic heterocycles. The van der Waals surface area contributed by atoms with Crippen molar-refractivity contribution in [2.24, 2.45) is 0 Å². The van der Waals surface area contributed by atoms with E-state index in [4.69, 9.17) is 0 Å². The summed E-state index contributed by atoms with van der Waals surface area (Å²) < 4.78 is 5.67. The molecule has 1 aromatic heterocycles. The molecular weight excluding hydrogens is 228 g/mol. The van der Waals surface area contributed by atoms with Crippen molar-refractivity contribution < 1.29 is 19.4 Å². The predicted molar refractivity (Wildman–Crippen MR) is 55.8 cm³/mol. The monoisotopic (exact) mass is 242 g/mol. The lowest BCUT2D eigenvalue weighted by Gasteiger charge is -2.13. The van der Waals surface area contributed by atoms with E-state index in [1.54, 1.807) is 6.92 Å². The van der Waals surface area contributed by atoms with E-state index in [0.717, 1.165) is 7.11 Å². The molecule has 0 fully saturated rings. The van der Waals surface area contributed by atoms with Crippen LogP contribution < -0.4 is 5.32 Å². The SMILES string of the molecule is COC(=O)C(O)CNC(=O)C(C)n1cncn1. The molecule has 8 nitrogen and oxygen atoms in total. The number of aromatic nitrogens is 3. The highest BCUT2D eigenvalue weighted by Crippen LogP contribution is 2.01. The third-order valence-corrected chi connectivity index (χ3v) is 2.16. The smallest absolute Gasteiger partial charge is 0.336 e. The summed E-state index contributed by atoms with van der Waals surface area (Å²) in [4.78, 5) is 26.2. The van der Waals surface area contributed by atoms with Crippen LogP contribution in [-0.4, -0.2) is 51.5 Å². The van der Waals surface area contributed by atoms with Crippen molar-refractivity contribution in [3.8, 4) is 0 Å². The van der Waals surface area contributed by atoms with Crippen LogP contribution in [0, 0.1) is 0 Å². The van der Waals surface area contributed by atoms with Gasteiger partial charge in [-0.05, 0) is 6.92 Å². The number of aliphatic hydroxyl groups is 1. The number of nitrogens with zero attached hydrogens (tertiary/aromatic N) is 3. The number of carbonyl (C=O) groups excluding carboxylic acids is 2. The molecule has 1 aromatic rings. The van der Waals surface area contributed by atoms with Crippen molar-refractivity contribution in [1.82, 2.24) is 20.1 Å². The van der Waals surface area contributed by atoms with Crippen molar-refractivity contribution in [3.63, 3.8) is 0 Å². The van der Waals surface area contributed by atoms with Crippen LogP contribution in [0.1, 0.15) is 13.0 Å². The van der Waals surface area contributed by atoms with Gasteiger partial charge in [0, 0.05) is 0 Å². The Morgan fingerprint density at radius 3 is 2.82 bits per heavy atom. The lowest BCUT2D eigenvalue weighted by molar-refractivity contribution is -0.150. The molecule has 1 rings (SSSR count). The standard InChI is InChI=1S/C9H14N4O4/c1-6(13-5-10-4-12-13)8(15)11-3-7(14)9(16)17-2/h4-7,14H,3H2,1-2H3,(H,11,15). The second-order valence-corrected chi connectivity index (χ2v) is 3.34. The van der Waals surface area contributed by atoms with E-state index in [9.17, 15) is 14.7 Å². The summed E-state index contributed by atoms with van der Waals surface area (Å²) >= 11 is 0. The molecule has 2 N–H and O–H groups in total. The highest BCUT2D eigenvalue weighted by atomic mass is 16.5. The minimum Gasteiger partial charge on any atom is -0.467 e. The van der Waals surface area contributed by atoms with E-state index in [0.29, 0.717) is 0 Å². The van der Waals surface area contributed by atoms with Crippen molar-refractivity contribution >= 4 is 11.9 Å². The number of hydrogen-bond donors (Lipinski definition) is 2. The number of carbonyl (C=O) groups is 2. The zero-order valence-corrected chi connectivity index (χ0v) is 9.53. The highest BCUT2D eigenvalue weighted by molar-refractivity contribution is 5.81. The molecule has 8 heteroatoms. The van der Waals surface area contributed by atoms with Gasteiger partial charge in [-0.3, -0.25) is 4.79 Å². The van der Waals surface area contributed by atoms with Crippen LogP contribution in [0.3, 0.4) is 0 Å². The fourth-order valence-electron chi connectivity index (χ4n) is 1.10. The van der Waals surface area contributed by atoms with Crippen molar-refractivity contribution in [2.45, 2.75) is 19.1 Å². The first-order valence-electron chi connectivity index (χ1n) is 4.94. The van der Waals surface area contributed by atoms with Crippen LogP contribution in [0.15, 0.2) is 12.7 Å². The maximum atomic E-state index is 11.6. The lowest BCUT2D eigenvalue weighted by atomic mass is 10.3. The fourth-order valence-corrected chi connectivity index (χ4v) is 1.10. The van der Waals surface area contributed by atoms with Gasteiger partial charge in [-0.25, -0.2) is 14.5 Å². The number of esters is 1. The highest BCUT2D eigenvalue weighted by Gasteiger charge is 2.19. The summed E-state index contributed by atoms with van der Waals surface area (Å²) in [6, 6.07) is -0.567. The molecule has 0 bridgehead atoms. The summed E-state index contributed by atoms with van der Waals surface area (Å²) in [6.45, 7) is 1.42. The minimum atomic E-state index is -1.37. The molecule has 0 saturated heterocycles. The van der Waals surface area contributed by atoms with E-state index >= 15 is 0 Å². The average Bonchev–Trinajstić information content (AvgIpc) is 2.87. The summed E-state index contributed by atoms with van der Waals surface area (Å²) in [5, 5.41) is 15.5. The zero-order valence-electron chi connectivity index (χ0n) is 9.53. The first kappa shape index (κ1) is 13.1.